The molecule has 1 aromatic carbocycles. The Kier molecular flexibility index (Phi) is 4.11. The predicted molar refractivity (Wildman–Crippen MR) is 71.2 cm³/mol. The number of carbonyl (C=O) groups excluding carboxylic acids is 1. The van der Waals surface area contributed by atoms with E-state index in [1.165, 1.54) is 12.1 Å². The van der Waals surface area contributed by atoms with E-state index < -0.39 is 4.92 Å². The number of piperidine rings is 1. The maximum absolute atomic E-state index is 12.0. The van der Waals surface area contributed by atoms with Gasteiger partial charge in [-0.3, -0.25) is 14.9 Å². The van der Waals surface area contributed by atoms with Crippen LogP contribution < -0.4 is 10.6 Å². The first kappa shape index (κ1) is 13.5. The molecule has 0 bridgehead atoms. The highest BCUT2D eigenvalue weighted by Gasteiger charge is 2.18. The molecule has 102 valence electrons. The fraction of sp³-hybridized carbons (Fsp3) is 0.462. The molecule has 0 spiro atoms. The Morgan fingerprint density at radius 2 is 2.32 bits per heavy atom. The molecular weight excluding hydrogens is 246 g/mol. The molecule has 1 aliphatic heterocycles. The van der Waals surface area contributed by atoms with Crippen LogP contribution in [-0.4, -0.2) is 30.0 Å². The average Bonchev–Trinajstić information content (AvgIpc) is 2.39. The molecule has 1 fully saturated rings. The highest BCUT2D eigenvalue weighted by atomic mass is 16.6. The molecule has 1 amide bonds. The van der Waals surface area contributed by atoms with Gasteiger partial charge in [0.1, 0.15) is 0 Å². The van der Waals surface area contributed by atoms with Gasteiger partial charge in [0.2, 0.25) is 0 Å². The highest BCUT2D eigenvalue weighted by Crippen LogP contribution is 2.18. The highest BCUT2D eigenvalue weighted by molar-refractivity contribution is 5.94. The first-order chi connectivity index (χ1) is 9.08. The van der Waals surface area contributed by atoms with E-state index in [1.807, 2.05) is 0 Å². The largest absolute Gasteiger partial charge is 0.348 e. The molecular formula is C13H17N3O3. The number of hydrogen-bond acceptors (Lipinski definition) is 4. The minimum atomic E-state index is -0.442. The van der Waals surface area contributed by atoms with Crippen molar-refractivity contribution < 1.29 is 9.72 Å². The van der Waals surface area contributed by atoms with Crippen LogP contribution in [-0.2, 0) is 0 Å². The minimum absolute atomic E-state index is 0.0379. The van der Waals surface area contributed by atoms with Crippen LogP contribution in [0, 0.1) is 17.0 Å². The standard InChI is InChI=1S/C13H17N3O3/c1-9-7-10(4-5-12(9)16(18)19)13(17)15-11-3-2-6-14-8-11/h4-5,7,11,14H,2-3,6,8H2,1H3,(H,15,17)/t11-/m1/s1. The molecule has 1 saturated heterocycles. The number of nitrogens with one attached hydrogen (secondary N) is 2. The molecule has 0 aromatic heterocycles. The average molecular weight is 263 g/mol. The van der Waals surface area contributed by atoms with Crippen molar-refractivity contribution in [2.75, 3.05) is 13.1 Å². The Labute approximate surface area is 111 Å². The lowest BCUT2D eigenvalue weighted by Crippen LogP contribution is -2.45. The van der Waals surface area contributed by atoms with Crippen molar-refractivity contribution in [1.29, 1.82) is 0 Å². The van der Waals surface area contributed by atoms with Crippen molar-refractivity contribution in [2.24, 2.45) is 0 Å². The summed E-state index contributed by atoms with van der Waals surface area (Å²) in [7, 11) is 0. The summed E-state index contributed by atoms with van der Waals surface area (Å²) in [5, 5.41) is 16.9. The van der Waals surface area contributed by atoms with Gasteiger partial charge in [-0.1, -0.05) is 0 Å². The normalized spacial score (nSPS) is 18.9. The minimum Gasteiger partial charge on any atom is -0.348 e. The molecule has 6 nitrogen and oxygen atoms in total. The van der Waals surface area contributed by atoms with Gasteiger partial charge in [0.25, 0.3) is 11.6 Å². The van der Waals surface area contributed by atoms with Gasteiger partial charge < -0.3 is 10.6 Å². The molecule has 1 aromatic rings. The van der Waals surface area contributed by atoms with E-state index in [2.05, 4.69) is 10.6 Å². The maximum Gasteiger partial charge on any atom is 0.272 e. The summed E-state index contributed by atoms with van der Waals surface area (Å²) in [5.41, 5.74) is 1.00. The van der Waals surface area contributed by atoms with E-state index in [1.54, 1.807) is 13.0 Å². The molecule has 2 rings (SSSR count). The quantitative estimate of drug-likeness (QED) is 0.637. The van der Waals surface area contributed by atoms with E-state index in [4.69, 9.17) is 0 Å². The first-order valence-corrected chi connectivity index (χ1v) is 6.34. The fourth-order valence-corrected chi connectivity index (χ4v) is 2.25. The zero-order valence-electron chi connectivity index (χ0n) is 10.8. The van der Waals surface area contributed by atoms with Crippen LogP contribution in [0.25, 0.3) is 0 Å². The maximum atomic E-state index is 12.0. The van der Waals surface area contributed by atoms with Gasteiger partial charge in [0.05, 0.1) is 4.92 Å². The SMILES string of the molecule is Cc1cc(C(=O)N[C@@H]2CCCNC2)ccc1[N+](=O)[O-]. The first-order valence-electron chi connectivity index (χ1n) is 6.34. The molecule has 0 aliphatic carbocycles. The fourth-order valence-electron chi connectivity index (χ4n) is 2.25. The Balaban J connectivity index is 2.06. The van der Waals surface area contributed by atoms with E-state index in [0.717, 1.165) is 25.9 Å². The van der Waals surface area contributed by atoms with Gasteiger partial charge in [-0.15, -0.1) is 0 Å². The smallest absolute Gasteiger partial charge is 0.272 e. The Bertz CT molecular complexity index is 496. The van der Waals surface area contributed by atoms with Crippen molar-refractivity contribution in [2.45, 2.75) is 25.8 Å². The van der Waals surface area contributed by atoms with Gasteiger partial charge in [-0.2, -0.15) is 0 Å². The van der Waals surface area contributed by atoms with E-state index in [0.29, 0.717) is 11.1 Å². The van der Waals surface area contributed by atoms with Crippen molar-refractivity contribution in [1.82, 2.24) is 10.6 Å². The topological polar surface area (TPSA) is 84.3 Å². The Morgan fingerprint density at radius 1 is 1.53 bits per heavy atom. The lowest BCUT2D eigenvalue weighted by atomic mass is 10.1. The number of aryl methyl sites for hydroxylation is 1. The zero-order chi connectivity index (χ0) is 13.8. The monoisotopic (exact) mass is 263 g/mol. The molecule has 0 radical (unpaired) electrons. The summed E-state index contributed by atoms with van der Waals surface area (Å²) in [5.74, 6) is -0.174. The van der Waals surface area contributed by atoms with Gasteiger partial charge >= 0.3 is 0 Å². The number of nitro groups is 1. The summed E-state index contributed by atoms with van der Waals surface area (Å²) in [6.45, 7) is 3.40. The third-order valence-corrected chi connectivity index (χ3v) is 3.29. The molecule has 2 N–H and O–H groups in total. The molecule has 1 heterocycles. The summed E-state index contributed by atoms with van der Waals surface area (Å²) >= 11 is 0. The third kappa shape index (κ3) is 3.29. The third-order valence-electron chi connectivity index (χ3n) is 3.29. The number of rotatable bonds is 3. The van der Waals surface area contributed by atoms with Crippen LogP contribution in [0.4, 0.5) is 5.69 Å². The molecule has 19 heavy (non-hydrogen) atoms. The van der Waals surface area contributed by atoms with Gasteiger partial charge in [-0.25, -0.2) is 0 Å². The predicted octanol–water partition coefficient (Wildman–Crippen LogP) is 1.39. The lowest BCUT2D eigenvalue weighted by molar-refractivity contribution is -0.385. The second-order valence-electron chi connectivity index (χ2n) is 4.78. The number of nitro benzene ring substituents is 1. The van der Waals surface area contributed by atoms with E-state index >= 15 is 0 Å². The van der Waals surface area contributed by atoms with Gasteiger partial charge in [-0.05, 0) is 38.4 Å². The van der Waals surface area contributed by atoms with Crippen molar-refractivity contribution >= 4 is 11.6 Å². The molecule has 6 heteroatoms. The Morgan fingerprint density at radius 3 is 2.89 bits per heavy atom. The van der Waals surface area contributed by atoms with Crippen LogP contribution in [0.3, 0.4) is 0 Å². The summed E-state index contributed by atoms with van der Waals surface area (Å²) in [4.78, 5) is 22.3. The van der Waals surface area contributed by atoms with Gasteiger partial charge in [0.15, 0.2) is 0 Å². The van der Waals surface area contributed by atoms with Crippen LogP contribution in [0.5, 0.6) is 0 Å². The van der Waals surface area contributed by atoms with Crippen LogP contribution in [0.15, 0.2) is 18.2 Å². The van der Waals surface area contributed by atoms with Crippen LogP contribution in [0.1, 0.15) is 28.8 Å². The van der Waals surface area contributed by atoms with E-state index in [-0.39, 0.29) is 17.6 Å². The molecule has 1 atom stereocenters. The second-order valence-corrected chi connectivity index (χ2v) is 4.78. The number of benzene rings is 1. The lowest BCUT2D eigenvalue weighted by Gasteiger charge is -2.23. The Hall–Kier alpha value is -1.95. The summed E-state index contributed by atoms with van der Waals surface area (Å²) in [6.07, 6.45) is 2.01. The second kappa shape index (κ2) is 5.79. The van der Waals surface area contributed by atoms with Crippen molar-refractivity contribution in [3.05, 3.63) is 39.4 Å². The number of amides is 1. The summed E-state index contributed by atoms with van der Waals surface area (Å²) in [6, 6.07) is 4.57. The van der Waals surface area contributed by atoms with Crippen molar-refractivity contribution in [3.63, 3.8) is 0 Å². The van der Waals surface area contributed by atoms with Crippen molar-refractivity contribution in [3.8, 4) is 0 Å². The number of nitrogens with zero attached hydrogens (tertiary/aromatic N) is 1. The van der Waals surface area contributed by atoms with Gasteiger partial charge in [0, 0.05) is 29.8 Å². The van der Waals surface area contributed by atoms with E-state index in [9.17, 15) is 14.9 Å². The van der Waals surface area contributed by atoms with Crippen LogP contribution >= 0.6 is 0 Å². The summed E-state index contributed by atoms with van der Waals surface area (Å²) < 4.78 is 0. The molecule has 0 saturated carbocycles. The zero-order valence-corrected chi connectivity index (χ0v) is 10.8. The molecule has 1 aliphatic rings. The number of hydrogen-bond donors (Lipinski definition) is 2. The van der Waals surface area contributed by atoms with Crippen LogP contribution in [0.2, 0.25) is 0 Å². The molecule has 0 unspecified atom stereocenters. The number of carbonyl (C=O) groups is 1.